The number of halogens is 2. The molecule has 0 aliphatic carbocycles. The van der Waals surface area contributed by atoms with E-state index in [4.69, 9.17) is 21.6 Å². The average molecular weight is 371 g/mol. The lowest BCUT2D eigenvalue weighted by Gasteiger charge is -2.07. The van der Waals surface area contributed by atoms with Gasteiger partial charge in [0.25, 0.3) is 5.91 Å². The quantitative estimate of drug-likeness (QED) is 0.740. The molecule has 0 fully saturated rings. The van der Waals surface area contributed by atoms with E-state index in [1.54, 1.807) is 30.5 Å². The summed E-state index contributed by atoms with van der Waals surface area (Å²) in [5.74, 6) is -0.605. The molecule has 130 valence electrons. The zero-order valence-corrected chi connectivity index (χ0v) is 14.1. The average Bonchev–Trinajstić information content (AvgIpc) is 3.12. The number of aromatic nitrogens is 2. The summed E-state index contributed by atoms with van der Waals surface area (Å²) in [7, 11) is 0. The number of nitrogens with zero attached hydrogens (tertiary/aromatic N) is 3. The summed E-state index contributed by atoms with van der Waals surface area (Å²) in [6.07, 6.45) is 1.57. The molecular weight excluding hydrogens is 359 g/mol. The number of benzene rings is 2. The summed E-state index contributed by atoms with van der Waals surface area (Å²) in [6, 6.07) is 14.2. The molecule has 1 N–H and O–H groups in total. The van der Waals surface area contributed by atoms with Crippen LogP contribution in [0.1, 0.15) is 16.1 Å². The maximum absolute atomic E-state index is 13.1. The maximum atomic E-state index is 13.1. The van der Waals surface area contributed by atoms with E-state index in [0.717, 1.165) is 0 Å². The van der Waals surface area contributed by atoms with E-state index in [2.05, 4.69) is 10.4 Å². The summed E-state index contributed by atoms with van der Waals surface area (Å²) in [5, 5.41) is 15.8. The van der Waals surface area contributed by atoms with E-state index < -0.39 is 11.7 Å². The van der Waals surface area contributed by atoms with Crippen LogP contribution >= 0.6 is 11.6 Å². The molecule has 8 heteroatoms. The molecule has 0 aliphatic rings. The minimum Gasteiger partial charge on any atom is -0.471 e. The topological polar surface area (TPSA) is 79.9 Å². The van der Waals surface area contributed by atoms with Crippen LogP contribution in [0.4, 0.5) is 10.1 Å². The summed E-state index contributed by atoms with van der Waals surface area (Å²) >= 11 is 5.69. The lowest BCUT2D eigenvalue weighted by molar-refractivity contribution is 0.102. The predicted octanol–water partition coefficient (Wildman–Crippen LogP) is 3.84. The van der Waals surface area contributed by atoms with Gasteiger partial charge in [-0.1, -0.05) is 23.7 Å². The van der Waals surface area contributed by atoms with Crippen molar-refractivity contribution in [3.8, 4) is 11.8 Å². The molecule has 1 aromatic heterocycles. The molecule has 2 aromatic carbocycles. The number of anilines is 1. The van der Waals surface area contributed by atoms with E-state index in [1.807, 2.05) is 6.07 Å². The molecule has 0 spiro atoms. The first kappa shape index (κ1) is 17.5. The number of ether oxygens (including phenoxy) is 1. The van der Waals surface area contributed by atoms with Crippen LogP contribution < -0.4 is 10.1 Å². The third-order valence-electron chi connectivity index (χ3n) is 3.42. The molecule has 0 atom stereocenters. The summed E-state index contributed by atoms with van der Waals surface area (Å²) in [6.45, 7) is 0.0179. The largest absolute Gasteiger partial charge is 0.471 e. The van der Waals surface area contributed by atoms with Gasteiger partial charge in [-0.15, -0.1) is 0 Å². The van der Waals surface area contributed by atoms with Crippen molar-refractivity contribution in [3.63, 3.8) is 0 Å². The monoisotopic (exact) mass is 370 g/mol. The fraction of sp³-hybridized carbons (Fsp3) is 0.0556. The summed E-state index contributed by atoms with van der Waals surface area (Å²) < 4.78 is 20.0. The highest BCUT2D eigenvalue weighted by Gasteiger charge is 2.12. The van der Waals surface area contributed by atoms with Gasteiger partial charge in [0.15, 0.2) is 12.4 Å². The Hall–Kier alpha value is -3.37. The van der Waals surface area contributed by atoms with Crippen molar-refractivity contribution >= 4 is 23.2 Å². The second kappa shape index (κ2) is 7.68. The first-order valence-electron chi connectivity index (χ1n) is 7.48. The van der Waals surface area contributed by atoms with Gasteiger partial charge >= 0.3 is 0 Å². The minimum absolute atomic E-state index is 0.0179. The summed E-state index contributed by atoms with van der Waals surface area (Å²) in [4.78, 5) is 12.3. The molecule has 0 saturated carbocycles. The highest BCUT2D eigenvalue weighted by Crippen LogP contribution is 2.21. The molecule has 0 unspecified atom stereocenters. The van der Waals surface area contributed by atoms with Gasteiger partial charge in [-0.3, -0.25) is 4.79 Å². The number of hydrogen-bond donors (Lipinski definition) is 1. The van der Waals surface area contributed by atoms with Gasteiger partial charge in [-0.25, -0.2) is 9.07 Å². The van der Waals surface area contributed by atoms with Gasteiger partial charge in [0, 0.05) is 12.3 Å². The summed E-state index contributed by atoms with van der Waals surface area (Å²) in [5.41, 5.74) is 0.932. The Morgan fingerprint density at radius 3 is 2.88 bits per heavy atom. The lowest BCUT2D eigenvalue weighted by atomic mass is 10.2. The van der Waals surface area contributed by atoms with E-state index in [9.17, 15) is 9.18 Å². The molecule has 1 heterocycles. The second-order valence-corrected chi connectivity index (χ2v) is 5.61. The van der Waals surface area contributed by atoms with Crippen LogP contribution in [0.15, 0.2) is 54.7 Å². The molecule has 3 aromatic rings. The van der Waals surface area contributed by atoms with Crippen LogP contribution in [-0.4, -0.2) is 15.7 Å². The van der Waals surface area contributed by atoms with Crippen molar-refractivity contribution < 1.29 is 13.9 Å². The first-order valence-corrected chi connectivity index (χ1v) is 7.86. The van der Waals surface area contributed by atoms with E-state index in [0.29, 0.717) is 17.0 Å². The van der Waals surface area contributed by atoms with Crippen LogP contribution in [-0.2, 0) is 6.73 Å². The number of amides is 1. The standard InChI is InChI=1S/C18H12ClFN4O2/c19-14-9-13(5-6-15(14)20)26-11-24-8-7-17(23-24)18(25)22-16-4-2-1-3-12(16)10-21/h1-9H,11H2,(H,22,25). The second-order valence-electron chi connectivity index (χ2n) is 5.20. The number of rotatable bonds is 5. The molecular formula is C18H12ClFN4O2. The fourth-order valence-electron chi connectivity index (χ4n) is 2.14. The normalized spacial score (nSPS) is 10.2. The Morgan fingerprint density at radius 1 is 1.31 bits per heavy atom. The predicted molar refractivity (Wildman–Crippen MR) is 93.4 cm³/mol. The van der Waals surface area contributed by atoms with Gasteiger partial charge in [0.1, 0.15) is 17.6 Å². The van der Waals surface area contributed by atoms with Crippen molar-refractivity contribution in [1.82, 2.24) is 9.78 Å². The Bertz CT molecular complexity index is 997. The Morgan fingerprint density at radius 2 is 2.12 bits per heavy atom. The molecule has 1 amide bonds. The molecule has 0 aliphatic heterocycles. The van der Waals surface area contributed by atoms with Gasteiger partial charge < -0.3 is 10.1 Å². The molecule has 0 radical (unpaired) electrons. The van der Waals surface area contributed by atoms with Crippen molar-refractivity contribution in [1.29, 1.82) is 5.26 Å². The molecule has 0 bridgehead atoms. The number of para-hydroxylation sites is 1. The Balaban J connectivity index is 1.64. The highest BCUT2D eigenvalue weighted by atomic mass is 35.5. The van der Waals surface area contributed by atoms with Crippen molar-refractivity contribution in [2.45, 2.75) is 6.73 Å². The number of carbonyl (C=O) groups excluding carboxylic acids is 1. The smallest absolute Gasteiger partial charge is 0.276 e. The van der Waals surface area contributed by atoms with Gasteiger partial charge in [0.2, 0.25) is 0 Å². The van der Waals surface area contributed by atoms with Gasteiger partial charge in [-0.05, 0) is 30.3 Å². The third kappa shape index (κ3) is 3.99. The number of nitriles is 1. The first-order chi connectivity index (χ1) is 12.6. The maximum Gasteiger partial charge on any atom is 0.276 e. The van der Waals surface area contributed by atoms with Crippen molar-refractivity contribution in [2.24, 2.45) is 0 Å². The SMILES string of the molecule is N#Cc1ccccc1NC(=O)c1ccn(COc2ccc(F)c(Cl)c2)n1. The number of nitrogens with one attached hydrogen (secondary N) is 1. The van der Waals surface area contributed by atoms with Crippen LogP contribution in [0, 0.1) is 17.1 Å². The van der Waals surface area contributed by atoms with Gasteiger partial charge in [0.05, 0.1) is 16.3 Å². The van der Waals surface area contributed by atoms with Crippen LogP contribution in [0.25, 0.3) is 0 Å². The molecule has 6 nitrogen and oxygen atoms in total. The highest BCUT2D eigenvalue weighted by molar-refractivity contribution is 6.30. The Kier molecular flexibility index (Phi) is 5.15. The molecule has 0 saturated heterocycles. The Labute approximate surface area is 153 Å². The zero-order chi connectivity index (χ0) is 18.5. The van der Waals surface area contributed by atoms with E-state index in [-0.39, 0.29) is 17.4 Å². The lowest BCUT2D eigenvalue weighted by Crippen LogP contribution is -2.15. The van der Waals surface area contributed by atoms with Crippen molar-refractivity contribution in [3.05, 3.63) is 76.8 Å². The molecule has 3 rings (SSSR count). The molecule has 26 heavy (non-hydrogen) atoms. The van der Waals surface area contributed by atoms with Crippen molar-refractivity contribution in [2.75, 3.05) is 5.32 Å². The van der Waals surface area contributed by atoms with Crippen LogP contribution in [0.5, 0.6) is 5.75 Å². The third-order valence-corrected chi connectivity index (χ3v) is 3.71. The fourth-order valence-corrected chi connectivity index (χ4v) is 2.31. The zero-order valence-electron chi connectivity index (χ0n) is 13.3. The van der Waals surface area contributed by atoms with Crippen LogP contribution in [0.2, 0.25) is 5.02 Å². The van der Waals surface area contributed by atoms with E-state index >= 15 is 0 Å². The van der Waals surface area contributed by atoms with E-state index in [1.165, 1.54) is 28.9 Å². The number of hydrogen-bond acceptors (Lipinski definition) is 4. The number of carbonyl (C=O) groups is 1. The van der Waals surface area contributed by atoms with Gasteiger partial charge in [-0.2, -0.15) is 10.4 Å². The van der Waals surface area contributed by atoms with Crippen LogP contribution in [0.3, 0.4) is 0 Å². The minimum atomic E-state index is -0.533.